The third-order valence-corrected chi connectivity index (χ3v) is 5.43. The normalized spacial score (nSPS) is 14.8. The molecule has 0 radical (unpaired) electrons. The molecule has 2 aromatic carbocycles. The summed E-state index contributed by atoms with van der Waals surface area (Å²) < 4.78 is 2.14. The number of hydrogen-bond acceptors (Lipinski definition) is 4. The average molecular weight is 385 g/mol. The number of hydrogen-bond donors (Lipinski definition) is 2. The predicted molar refractivity (Wildman–Crippen MR) is 103 cm³/mol. The Morgan fingerprint density at radius 2 is 1.75 bits per heavy atom. The largest absolute Gasteiger partial charge is 0.508 e. The Hall–Kier alpha value is -3.29. The van der Waals surface area contributed by atoms with Crippen molar-refractivity contribution in [3.63, 3.8) is 0 Å². The van der Waals surface area contributed by atoms with Crippen molar-refractivity contribution in [1.29, 1.82) is 0 Å². The summed E-state index contributed by atoms with van der Waals surface area (Å²) in [5.74, 6) is 0.0539. The molecule has 0 amide bonds. The second-order valence-electron chi connectivity index (χ2n) is 7.36. The highest BCUT2D eigenvalue weighted by Crippen LogP contribution is 2.42. The van der Waals surface area contributed by atoms with E-state index in [0.717, 1.165) is 17.0 Å². The molecule has 1 heterocycles. The zero-order chi connectivity index (χ0) is 20.6. The molecule has 8 heteroatoms. The minimum Gasteiger partial charge on any atom is -0.508 e. The Balaban J connectivity index is 1.97. The molecular weight excluding hydrogens is 362 g/mol. The fourth-order valence-electron chi connectivity index (χ4n) is 3.96. The topological polar surface area (TPSA) is 107 Å². The van der Waals surface area contributed by atoms with E-state index in [1.807, 2.05) is 20.8 Å². The van der Waals surface area contributed by atoms with Crippen LogP contribution in [0, 0.1) is 15.0 Å². The molecule has 3 rings (SSSR count). The zero-order valence-electron chi connectivity index (χ0n) is 16.0. The number of benzene rings is 2. The van der Waals surface area contributed by atoms with E-state index in [9.17, 15) is 20.1 Å². The molecule has 0 unspecified atom stereocenters. The zero-order valence-corrected chi connectivity index (χ0v) is 16.0. The van der Waals surface area contributed by atoms with Crippen molar-refractivity contribution < 1.29 is 24.7 Å². The van der Waals surface area contributed by atoms with Crippen LogP contribution in [0.1, 0.15) is 38.3 Å². The lowest BCUT2D eigenvalue weighted by atomic mass is 9.79. The van der Waals surface area contributed by atoms with Gasteiger partial charge in [0.1, 0.15) is 12.3 Å². The van der Waals surface area contributed by atoms with Crippen LogP contribution in [0.5, 0.6) is 5.75 Å². The SMILES string of the molecule is CC[N+]1=C(CCc2cc([N+](=O)O)ccc2O)C(C)(C)c2cc([N+](=O)[O-])ccc21. The number of nitro benzene ring substituents is 1. The first-order chi connectivity index (χ1) is 13.2. The van der Waals surface area contributed by atoms with Gasteiger partial charge in [0.15, 0.2) is 5.71 Å². The number of aromatic hydroxyl groups is 1. The van der Waals surface area contributed by atoms with Crippen molar-refractivity contribution in [3.8, 4) is 5.75 Å². The molecule has 0 saturated heterocycles. The molecule has 0 aliphatic carbocycles. The molecule has 2 aromatic rings. The van der Waals surface area contributed by atoms with Crippen molar-refractivity contribution in [2.24, 2.45) is 0 Å². The fourth-order valence-corrected chi connectivity index (χ4v) is 3.96. The van der Waals surface area contributed by atoms with Crippen LogP contribution in [0.3, 0.4) is 0 Å². The van der Waals surface area contributed by atoms with Crippen LogP contribution in [-0.2, 0) is 11.8 Å². The van der Waals surface area contributed by atoms with E-state index in [1.54, 1.807) is 12.1 Å². The summed E-state index contributed by atoms with van der Waals surface area (Å²) in [7, 11) is 0. The van der Waals surface area contributed by atoms with E-state index in [0.29, 0.717) is 24.9 Å². The summed E-state index contributed by atoms with van der Waals surface area (Å²) in [6, 6.07) is 9.10. The fraction of sp³-hybridized carbons (Fsp3) is 0.350. The standard InChI is InChI=1S/C20H22N3O5/c1-4-21-17-8-6-15(23(27)28)12-16(17)20(2,3)19(21)10-5-13-11-14(22(25)26)7-9-18(13)24/h6-9,11-12H,4-5,10H2,1-3H3,(H-,24,25,26)/q+1/p+1. The van der Waals surface area contributed by atoms with Crippen LogP contribution >= 0.6 is 0 Å². The molecule has 8 nitrogen and oxygen atoms in total. The van der Waals surface area contributed by atoms with Gasteiger partial charge < -0.3 is 5.11 Å². The van der Waals surface area contributed by atoms with Gasteiger partial charge in [0.2, 0.25) is 5.69 Å². The lowest BCUT2D eigenvalue weighted by Gasteiger charge is -2.17. The van der Waals surface area contributed by atoms with Crippen molar-refractivity contribution in [2.45, 2.75) is 39.0 Å². The van der Waals surface area contributed by atoms with Crippen molar-refractivity contribution in [2.75, 3.05) is 6.54 Å². The maximum absolute atomic E-state index is 11.2. The number of non-ortho nitro benzene ring substituents is 1. The van der Waals surface area contributed by atoms with E-state index < -0.39 is 10.3 Å². The second-order valence-corrected chi connectivity index (χ2v) is 7.36. The molecule has 0 atom stereocenters. The van der Waals surface area contributed by atoms with Crippen LogP contribution in [0.4, 0.5) is 17.1 Å². The molecule has 28 heavy (non-hydrogen) atoms. The average Bonchev–Trinajstić information content (AvgIpc) is 2.86. The van der Waals surface area contributed by atoms with Crippen LogP contribution in [0.2, 0.25) is 0 Å². The lowest BCUT2D eigenvalue weighted by molar-refractivity contribution is -0.729. The highest BCUT2D eigenvalue weighted by molar-refractivity contribution is 5.95. The Labute approximate surface area is 162 Å². The van der Waals surface area contributed by atoms with Gasteiger partial charge in [-0.05, 0) is 33.3 Å². The smallest absolute Gasteiger partial charge is 0.317 e. The number of nitrogens with zero attached hydrogens (tertiary/aromatic N) is 3. The predicted octanol–water partition coefficient (Wildman–Crippen LogP) is 4.13. The van der Waals surface area contributed by atoms with Gasteiger partial charge in [-0.1, -0.05) is 0 Å². The Kier molecular flexibility index (Phi) is 4.89. The van der Waals surface area contributed by atoms with E-state index in [-0.39, 0.29) is 22.0 Å². The van der Waals surface area contributed by atoms with Gasteiger partial charge in [-0.15, -0.1) is 0 Å². The minimum absolute atomic E-state index is 0.0507. The van der Waals surface area contributed by atoms with E-state index in [2.05, 4.69) is 4.58 Å². The summed E-state index contributed by atoms with van der Waals surface area (Å²) in [5, 5.41) is 30.4. The first-order valence-corrected chi connectivity index (χ1v) is 9.07. The minimum atomic E-state index is -0.411. The first kappa shape index (κ1) is 19.5. The number of phenolic OH excluding ortho intramolecular Hbond substituents is 1. The van der Waals surface area contributed by atoms with Crippen LogP contribution in [0.25, 0.3) is 0 Å². The summed E-state index contributed by atoms with van der Waals surface area (Å²) in [6.45, 7) is 6.79. The molecule has 1 aliphatic rings. The van der Waals surface area contributed by atoms with Crippen LogP contribution in [0.15, 0.2) is 36.4 Å². The second kappa shape index (κ2) is 7.03. The number of phenols is 1. The quantitative estimate of drug-likeness (QED) is 0.442. The van der Waals surface area contributed by atoms with Gasteiger partial charge in [0.25, 0.3) is 10.6 Å². The summed E-state index contributed by atoms with van der Waals surface area (Å²) in [6.07, 6.45) is 1.05. The molecule has 2 N–H and O–H groups in total. The third kappa shape index (κ3) is 3.21. The van der Waals surface area contributed by atoms with Gasteiger partial charge in [0, 0.05) is 47.9 Å². The Morgan fingerprint density at radius 3 is 2.36 bits per heavy atom. The number of nitro groups is 1. The van der Waals surface area contributed by atoms with E-state index in [4.69, 9.17) is 5.21 Å². The molecule has 1 aliphatic heterocycles. The molecule has 0 bridgehead atoms. The van der Waals surface area contributed by atoms with E-state index in [1.165, 1.54) is 24.3 Å². The number of aryl methyl sites for hydroxylation is 1. The number of rotatable bonds is 6. The maximum Gasteiger partial charge on any atom is 0.317 e. The van der Waals surface area contributed by atoms with Gasteiger partial charge in [0.05, 0.1) is 15.2 Å². The molecule has 0 aromatic heterocycles. The molecule has 0 spiro atoms. The monoisotopic (exact) mass is 385 g/mol. The summed E-state index contributed by atoms with van der Waals surface area (Å²) in [5.41, 5.74) is 3.19. The molecular formula is C20H23N3O5+2. The lowest BCUT2D eigenvalue weighted by Crippen LogP contribution is -2.30. The highest BCUT2D eigenvalue weighted by atomic mass is 16.6. The van der Waals surface area contributed by atoms with Crippen molar-refractivity contribution >= 4 is 22.8 Å². The Morgan fingerprint density at radius 1 is 1.07 bits per heavy atom. The van der Waals surface area contributed by atoms with Gasteiger partial charge >= 0.3 is 5.69 Å². The first-order valence-electron chi connectivity index (χ1n) is 9.07. The van der Waals surface area contributed by atoms with E-state index >= 15 is 0 Å². The summed E-state index contributed by atoms with van der Waals surface area (Å²) in [4.78, 5) is 21.7. The van der Waals surface area contributed by atoms with Crippen LogP contribution in [-0.4, -0.2) is 37.0 Å². The highest BCUT2D eigenvalue weighted by Gasteiger charge is 2.45. The molecule has 146 valence electrons. The third-order valence-electron chi connectivity index (χ3n) is 5.43. The van der Waals surface area contributed by atoms with Gasteiger partial charge in [-0.3, -0.25) is 10.1 Å². The maximum atomic E-state index is 11.2. The molecule has 0 fully saturated rings. The van der Waals surface area contributed by atoms with Crippen molar-refractivity contribution in [1.82, 2.24) is 0 Å². The summed E-state index contributed by atoms with van der Waals surface area (Å²) >= 11 is 0. The van der Waals surface area contributed by atoms with Crippen molar-refractivity contribution in [3.05, 3.63) is 62.5 Å². The van der Waals surface area contributed by atoms with Gasteiger partial charge in [-0.2, -0.15) is 4.58 Å². The molecule has 0 saturated carbocycles. The number of fused-ring (bicyclic) bond motifs is 1. The van der Waals surface area contributed by atoms with Crippen LogP contribution < -0.4 is 0 Å². The van der Waals surface area contributed by atoms with Gasteiger partial charge in [-0.25, -0.2) is 5.21 Å². The Bertz CT molecular complexity index is 1010.